The Morgan fingerprint density at radius 2 is 1.55 bits per heavy atom. The van der Waals surface area contributed by atoms with E-state index in [2.05, 4.69) is 109 Å². The second-order valence-electron chi connectivity index (χ2n) is 21.2. The van der Waals surface area contributed by atoms with Gasteiger partial charge in [-0.05, 0) is 84.9 Å². The molecule has 0 bridgehead atoms. The minimum atomic E-state index is -0.406. The summed E-state index contributed by atoms with van der Waals surface area (Å²) in [6.45, 7) is 31.2. The topological polar surface area (TPSA) is 54.0 Å². The molecule has 6 fully saturated rings. The molecular formula is C48H78O5VWY-4. The van der Waals surface area contributed by atoms with Crippen molar-refractivity contribution in [2.75, 3.05) is 0 Å². The Bertz CT molecular complexity index is 1380. The first-order valence-electron chi connectivity index (χ1n) is 21.8. The van der Waals surface area contributed by atoms with Gasteiger partial charge in [0.25, 0.3) is 0 Å². The molecule has 0 N–H and O–H groups in total. The molecule has 5 aliphatic carbocycles. The second kappa shape index (κ2) is 18.8. The van der Waals surface area contributed by atoms with Gasteiger partial charge in [0.15, 0.2) is 12.6 Å². The van der Waals surface area contributed by atoms with Gasteiger partial charge in [-0.15, -0.1) is 0 Å². The number of ether oxygens (including phenoxy) is 4. The first-order chi connectivity index (χ1) is 24.4. The zero-order valence-electron chi connectivity index (χ0n) is 37.8. The van der Waals surface area contributed by atoms with Gasteiger partial charge in [-0.2, -0.15) is 19.3 Å². The van der Waals surface area contributed by atoms with E-state index in [1.807, 2.05) is 0 Å². The number of fused-ring (bicyclic) bond motifs is 7. The number of carbonyl (C=O) groups excluding carboxylic acids is 1. The van der Waals surface area contributed by atoms with Crippen LogP contribution in [0.15, 0.2) is 11.6 Å². The summed E-state index contributed by atoms with van der Waals surface area (Å²) in [6.07, 6.45) is 18.2. The van der Waals surface area contributed by atoms with Crippen LogP contribution in [0.2, 0.25) is 0 Å². The van der Waals surface area contributed by atoms with Gasteiger partial charge in [-0.25, -0.2) is 0 Å². The van der Waals surface area contributed by atoms with Crippen molar-refractivity contribution in [3.8, 4) is 0 Å². The van der Waals surface area contributed by atoms with Crippen molar-refractivity contribution in [3.05, 3.63) is 31.4 Å². The van der Waals surface area contributed by atoms with Gasteiger partial charge in [0.05, 0.1) is 12.2 Å². The fourth-order valence-corrected chi connectivity index (χ4v) is 13.8. The van der Waals surface area contributed by atoms with Gasteiger partial charge in [0, 0.05) is 78.2 Å². The van der Waals surface area contributed by atoms with Crippen molar-refractivity contribution >= 4 is 6.29 Å². The van der Waals surface area contributed by atoms with Crippen LogP contribution >= 0.6 is 0 Å². The number of hydrogen-bond donors (Lipinski definition) is 0. The van der Waals surface area contributed by atoms with Crippen molar-refractivity contribution in [3.63, 3.8) is 0 Å². The minimum absolute atomic E-state index is 0. The van der Waals surface area contributed by atoms with Crippen LogP contribution in [0.25, 0.3) is 0 Å². The standard InChI is InChI=1S/C47H75O5.CH3.V.W.Y/c1-14-37-29(4)27(2)31(6)41(50-37)52-40-30(5)28(3)33(8)49-42(40)51-38-18-19-44(11)34(32(38)7)17-20-46(13)39(44)16-15-35-36-25-43(9,10)21-23-47(36,26-48)24-22-45(35,46)12;;;;/h15,24,27-31,33-34,36-42H,14,16-23,25H2,1-13H3;1H3;;;/q-3;-1;;;/t27-,28-,29+,30-,31?,33?,34-,36?,37?,38-,39?,40-,41-,42?,44?,45+,46-,47+;;;;/m0..../s1. The third-order valence-electron chi connectivity index (χ3n) is 18.5. The zero-order valence-corrected chi connectivity index (χ0v) is 45.0. The van der Waals surface area contributed by atoms with E-state index >= 15 is 0 Å². The maximum Gasteiger partial charge on any atom is 0.182 e. The summed E-state index contributed by atoms with van der Waals surface area (Å²) >= 11 is 0. The van der Waals surface area contributed by atoms with Crippen molar-refractivity contribution in [2.45, 2.75) is 191 Å². The average Bonchev–Trinajstić information content (AvgIpc) is 3.10. The minimum Gasteiger partial charge on any atom is -0.544 e. The Kier molecular flexibility index (Phi) is 17.4. The summed E-state index contributed by atoms with van der Waals surface area (Å²) in [7, 11) is 0. The normalized spacial score (nSPS) is 51.0. The van der Waals surface area contributed by atoms with Gasteiger partial charge >= 0.3 is 0 Å². The first-order valence-corrected chi connectivity index (χ1v) is 21.8. The second-order valence-corrected chi connectivity index (χ2v) is 21.2. The largest absolute Gasteiger partial charge is 0.544 e. The first kappa shape index (κ1) is 52.0. The number of hydrogen-bond acceptors (Lipinski definition) is 5. The van der Waals surface area contributed by atoms with Gasteiger partial charge in [-0.1, -0.05) is 131 Å². The predicted molar refractivity (Wildman–Crippen MR) is 215 cm³/mol. The van der Waals surface area contributed by atoms with Gasteiger partial charge in [0.2, 0.25) is 0 Å². The molecule has 2 aliphatic heterocycles. The molecule has 18 atom stereocenters. The SMILES string of the molecule is CCC1O[C@@H](O[C@@H]2C(O[C@H]3CCC4(C)C5CC=C6C7CC(C)(C)CC[C@]7([C-]=O)[CH-]C[C@@]6(C)[C@@]5(C)CC[C@H]4[C-]3C)OC(C)[C@@H](C)[C@@H]2C)C(C)[C@@H](C)[C@H]1C.[CH3-].[V].[W].[Y]. The quantitative estimate of drug-likeness (QED) is 0.151. The molecule has 2 radical (unpaired) electrons. The van der Waals surface area contributed by atoms with Gasteiger partial charge < -0.3 is 37.6 Å². The molecule has 0 spiro atoms. The third-order valence-corrected chi connectivity index (χ3v) is 18.5. The van der Waals surface area contributed by atoms with Crippen LogP contribution in [0.4, 0.5) is 0 Å². The van der Waals surface area contributed by atoms with Crippen molar-refractivity contribution in [1.82, 2.24) is 0 Å². The molecule has 318 valence electrons. The van der Waals surface area contributed by atoms with Crippen molar-refractivity contribution in [2.24, 2.45) is 74.4 Å². The molecule has 0 aromatic rings. The smallest absolute Gasteiger partial charge is 0.182 e. The van der Waals surface area contributed by atoms with E-state index in [-0.39, 0.29) is 132 Å². The van der Waals surface area contributed by atoms with E-state index < -0.39 is 11.7 Å². The fourth-order valence-electron chi connectivity index (χ4n) is 13.8. The molecule has 7 rings (SSSR count). The Morgan fingerprint density at radius 1 is 0.875 bits per heavy atom. The molecule has 0 amide bonds. The van der Waals surface area contributed by atoms with E-state index in [1.165, 1.54) is 25.2 Å². The molecule has 7 unspecified atom stereocenters. The Morgan fingerprint density at radius 3 is 2.20 bits per heavy atom. The van der Waals surface area contributed by atoms with E-state index in [9.17, 15) is 4.79 Å². The molecule has 56 heavy (non-hydrogen) atoms. The fraction of sp³-hybridized carbons (Fsp3) is 0.875. The van der Waals surface area contributed by atoms with Crippen LogP contribution in [0.3, 0.4) is 0 Å². The van der Waals surface area contributed by atoms with Crippen LogP contribution < -0.4 is 0 Å². The summed E-state index contributed by atoms with van der Waals surface area (Å²) in [4.78, 5) is 12.7. The molecule has 0 aromatic carbocycles. The van der Waals surface area contributed by atoms with Crippen molar-refractivity contribution in [1.29, 1.82) is 0 Å². The predicted octanol–water partition coefficient (Wildman–Crippen LogP) is 11.6. The Balaban J connectivity index is 0.00000210. The average molecular weight is 1060 g/mol. The molecule has 7 aliphatic rings. The molecule has 2 heterocycles. The maximum atomic E-state index is 12.7. The summed E-state index contributed by atoms with van der Waals surface area (Å²) in [5.74, 6) is 4.97. The maximum absolute atomic E-state index is 12.7. The van der Waals surface area contributed by atoms with E-state index in [0.29, 0.717) is 47.3 Å². The molecule has 4 saturated carbocycles. The zero-order chi connectivity index (χ0) is 37.8. The van der Waals surface area contributed by atoms with E-state index in [1.54, 1.807) is 5.57 Å². The van der Waals surface area contributed by atoms with Crippen molar-refractivity contribution < 1.29 is 96.1 Å². The summed E-state index contributed by atoms with van der Waals surface area (Å²) in [5.41, 5.74) is 1.96. The molecule has 5 nitrogen and oxygen atoms in total. The number of allylic oxidation sites excluding steroid dienone is 2. The molecule has 0 aromatic heterocycles. The van der Waals surface area contributed by atoms with Crippen LogP contribution in [0.1, 0.15) is 154 Å². The van der Waals surface area contributed by atoms with Gasteiger partial charge in [0.1, 0.15) is 6.10 Å². The van der Waals surface area contributed by atoms with Crippen LogP contribution in [0, 0.1) is 94.2 Å². The summed E-state index contributed by atoms with van der Waals surface area (Å²) in [6, 6.07) is 0. The van der Waals surface area contributed by atoms with Crippen LogP contribution in [-0.2, 0) is 96.1 Å². The monoisotopic (exact) mass is 1060 g/mol. The van der Waals surface area contributed by atoms with Gasteiger partial charge in [-0.3, -0.25) is 17.6 Å². The summed E-state index contributed by atoms with van der Waals surface area (Å²) < 4.78 is 27.7. The number of rotatable bonds is 6. The van der Waals surface area contributed by atoms with Crippen LogP contribution in [0.5, 0.6) is 0 Å². The van der Waals surface area contributed by atoms with E-state index in [4.69, 9.17) is 18.9 Å². The Labute approximate surface area is 396 Å². The van der Waals surface area contributed by atoms with E-state index in [0.717, 1.165) is 44.9 Å². The third kappa shape index (κ3) is 8.28. The molecule has 8 heteroatoms. The van der Waals surface area contributed by atoms with Crippen LogP contribution in [-0.4, -0.2) is 43.3 Å². The molecular weight excluding hydrogens is 980 g/mol. The summed E-state index contributed by atoms with van der Waals surface area (Å²) in [5, 5.41) is 0. The Hall–Kier alpha value is 1.63. The molecule has 2 saturated heterocycles.